The number of phenols is 2. The van der Waals surface area contributed by atoms with Crippen LogP contribution >= 0.6 is 0 Å². The van der Waals surface area contributed by atoms with Crippen LogP contribution in [0, 0.1) is 0 Å². The molecule has 0 aromatic heterocycles. The third kappa shape index (κ3) is 6.41. The van der Waals surface area contributed by atoms with Gasteiger partial charge in [-0.1, -0.05) is 77.9 Å². The van der Waals surface area contributed by atoms with Crippen molar-refractivity contribution in [3.05, 3.63) is 166 Å². The summed E-state index contributed by atoms with van der Waals surface area (Å²) >= 11 is 0. The van der Waals surface area contributed by atoms with E-state index in [4.69, 9.17) is 20.9 Å². The van der Waals surface area contributed by atoms with E-state index in [0.29, 0.717) is 45.5 Å². The Morgan fingerprint density at radius 2 is 0.857 bits per heavy atom. The van der Waals surface area contributed by atoms with Crippen LogP contribution < -0.4 is 20.9 Å². The average molecular weight is 745 g/mol. The van der Waals surface area contributed by atoms with Gasteiger partial charge in [0.05, 0.1) is 0 Å². The number of benzene rings is 6. The number of carbonyl (C=O) groups is 1. The Bertz CT molecular complexity index is 2350. The van der Waals surface area contributed by atoms with Gasteiger partial charge in [0.2, 0.25) is 0 Å². The van der Waals surface area contributed by atoms with E-state index >= 15 is 0 Å². The van der Waals surface area contributed by atoms with Gasteiger partial charge in [-0.3, -0.25) is 4.79 Å². The maximum absolute atomic E-state index is 14.1. The van der Waals surface area contributed by atoms with Crippen molar-refractivity contribution in [2.24, 2.45) is 0 Å². The number of hydrogen-bond acceptors (Lipinski definition) is 7. The van der Waals surface area contributed by atoms with Gasteiger partial charge in [-0.25, -0.2) is 0 Å². The van der Waals surface area contributed by atoms with Crippen LogP contribution in [0.4, 0.5) is 11.4 Å². The summed E-state index contributed by atoms with van der Waals surface area (Å²) in [5.74, 6) is 2.35. The van der Waals surface area contributed by atoms with E-state index in [9.17, 15) is 15.0 Å². The average Bonchev–Trinajstić information content (AvgIpc) is 3.48. The molecule has 8 rings (SSSR count). The fourth-order valence-electron chi connectivity index (χ4n) is 9.65. The second kappa shape index (κ2) is 12.9. The second-order valence-electron chi connectivity index (χ2n) is 17.4. The smallest absolute Gasteiger partial charge is 0.193 e. The molecule has 2 unspecified atom stereocenters. The SMILES string of the molecule is CC1(C)CC(C)(c2ccc(O)cc2)c2cc(Oc3cc(N)cc(C(=O)c4cc(N)cc(Oc5ccc6c(c5)C(C)(c5ccc(O)cc5)CC6(C)C)c4)c3)ccc21. The zero-order chi connectivity index (χ0) is 39.8. The third-order valence-corrected chi connectivity index (χ3v) is 12.1. The van der Waals surface area contributed by atoms with Gasteiger partial charge in [-0.2, -0.15) is 0 Å². The Kier molecular flexibility index (Phi) is 8.49. The molecule has 2 aliphatic rings. The van der Waals surface area contributed by atoms with E-state index in [1.54, 1.807) is 60.7 Å². The molecular formula is C49H48N2O5. The highest BCUT2D eigenvalue weighted by atomic mass is 16.5. The number of phenolic OH excluding ortho intramolecular Hbond substituents is 2. The second-order valence-corrected chi connectivity index (χ2v) is 17.4. The molecule has 0 bridgehead atoms. The third-order valence-electron chi connectivity index (χ3n) is 12.1. The summed E-state index contributed by atoms with van der Waals surface area (Å²) in [6, 6.07) is 37.3. The van der Waals surface area contributed by atoms with E-state index in [1.807, 2.05) is 36.4 Å². The molecular weight excluding hydrogens is 697 g/mol. The number of ketones is 1. The van der Waals surface area contributed by atoms with Crippen molar-refractivity contribution in [1.82, 2.24) is 0 Å². The van der Waals surface area contributed by atoms with Crippen molar-refractivity contribution in [2.45, 2.75) is 76.0 Å². The van der Waals surface area contributed by atoms with Crippen LogP contribution in [0.3, 0.4) is 0 Å². The number of nitrogens with two attached hydrogens (primary N) is 2. The van der Waals surface area contributed by atoms with Crippen LogP contribution in [0.15, 0.2) is 121 Å². The summed E-state index contributed by atoms with van der Waals surface area (Å²) in [4.78, 5) is 14.1. The first-order valence-electron chi connectivity index (χ1n) is 19.0. The van der Waals surface area contributed by atoms with Crippen molar-refractivity contribution in [3.63, 3.8) is 0 Å². The van der Waals surface area contributed by atoms with Crippen molar-refractivity contribution in [2.75, 3.05) is 11.5 Å². The number of ether oxygens (including phenoxy) is 2. The number of rotatable bonds is 8. The Morgan fingerprint density at radius 1 is 0.482 bits per heavy atom. The quantitative estimate of drug-likeness (QED) is 0.0902. The van der Waals surface area contributed by atoms with E-state index in [1.165, 1.54) is 11.1 Å². The predicted molar refractivity (Wildman–Crippen MR) is 223 cm³/mol. The van der Waals surface area contributed by atoms with Gasteiger partial charge in [0.25, 0.3) is 0 Å². The van der Waals surface area contributed by atoms with Gasteiger partial charge in [-0.05, 0) is 130 Å². The summed E-state index contributed by atoms with van der Waals surface area (Å²) in [6.07, 6.45) is 1.80. The maximum Gasteiger partial charge on any atom is 0.193 e. The summed E-state index contributed by atoms with van der Waals surface area (Å²) in [5, 5.41) is 19.9. The number of carbonyl (C=O) groups excluding carboxylic acids is 1. The fraction of sp³-hybridized carbons (Fsp3) is 0.245. The number of aromatic hydroxyl groups is 2. The van der Waals surface area contributed by atoms with Crippen LogP contribution in [0.2, 0.25) is 0 Å². The highest BCUT2D eigenvalue weighted by Gasteiger charge is 2.47. The molecule has 0 amide bonds. The fourth-order valence-corrected chi connectivity index (χ4v) is 9.65. The minimum Gasteiger partial charge on any atom is -0.508 e. The van der Waals surface area contributed by atoms with Crippen LogP contribution in [0.25, 0.3) is 0 Å². The topological polar surface area (TPSA) is 128 Å². The first-order valence-corrected chi connectivity index (χ1v) is 19.0. The number of hydrogen-bond donors (Lipinski definition) is 4. The van der Waals surface area contributed by atoms with Gasteiger partial charge in [0.15, 0.2) is 5.78 Å². The van der Waals surface area contributed by atoms with Gasteiger partial charge in [-0.15, -0.1) is 0 Å². The maximum atomic E-state index is 14.1. The largest absolute Gasteiger partial charge is 0.508 e. The lowest BCUT2D eigenvalue weighted by atomic mass is 9.75. The molecule has 0 saturated carbocycles. The van der Waals surface area contributed by atoms with E-state index in [-0.39, 0.29) is 38.9 Å². The lowest BCUT2D eigenvalue weighted by Gasteiger charge is -2.28. The molecule has 6 N–H and O–H groups in total. The van der Waals surface area contributed by atoms with Gasteiger partial charge in [0, 0.05) is 45.5 Å². The van der Waals surface area contributed by atoms with Crippen LogP contribution in [-0.2, 0) is 21.7 Å². The lowest BCUT2D eigenvalue weighted by Crippen LogP contribution is -2.23. The van der Waals surface area contributed by atoms with Crippen molar-refractivity contribution in [1.29, 1.82) is 0 Å². The number of nitrogen functional groups attached to an aromatic ring is 2. The van der Waals surface area contributed by atoms with Gasteiger partial charge >= 0.3 is 0 Å². The standard InChI is InChI=1S/C49H48N2O5/c1-46(2)27-48(5,31-7-11-35(52)12-8-31)43-25-37(15-17-41(43)46)55-39-21-29(19-33(50)23-39)45(54)30-20-34(51)24-40(22-30)56-38-16-18-42-44(26-38)49(6,28-47(42,3)4)32-9-13-36(53)14-10-32/h7-26,52-53H,27-28,50-51H2,1-6H3. The molecule has 2 atom stereocenters. The molecule has 6 aromatic rings. The molecule has 56 heavy (non-hydrogen) atoms. The molecule has 0 aliphatic heterocycles. The minimum atomic E-state index is -0.293. The van der Waals surface area contributed by atoms with Gasteiger partial charge in [0.1, 0.15) is 34.5 Å². The minimum absolute atomic E-state index is 0.0663. The summed E-state index contributed by atoms with van der Waals surface area (Å²) in [6.45, 7) is 13.5. The van der Waals surface area contributed by atoms with E-state index in [2.05, 4.69) is 65.8 Å². The Hall–Kier alpha value is -6.21. The number of fused-ring (bicyclic) bond motifs is 2. The molecule has 0 spiro atoms. The molecule has 284 valence electrons. The van der Waals surface area contributed by atoms with E-state index in [0.717, 1.165) is 35.1 Å². The van der Waals surface area contributed by atoms with Crippen LogP contribution in [0.5, 0.6) is 34.5 Å². The highest BCUT2D eigenvalue weighted by molar-refractivity contribution is 6.10. The predicted octanol–water partition coefficient (Wildman–Crippen LogP) is 11.1. The summed E-state index contributed by atoms with van der Waals surface area (Å²) < 4.78 is 12.9. The number of anilines is 2. The molecule has 0 radical (unpaired) electrons. The van der Waals surface area contributed by atoms with Crippen LogP contribution in [-0.4, -0.2) is 16.0 Å². The molecule has 6 aromatic carbocycles. The van der Waals surface area contributed by atoms with Crippen molar-refractivity contribution in [3.8, 4) is 34.5 Å². The Balaban J connectivity index is 1.07. The van der Waals surface area contributed by atoms with Crippen molar-refractivity contribution >= 4 is 17.2 Å². The molecule has 7 heteroatoms. The monoisotopic (exact) mass is 744 g/mol. The molecule has 2 aliphatic carbocycles. The first-order chi connectivity index (χ1) is 26.4. The molecule has 0 fully saturated rings. The lowest BCUT2D eigenvalue weighted by molar-refractivity contribution is 0.103. The molecule has 7 nitrogen and oxygen atoms in total. The Labute approximate surface area is 328 Å². The molecule has 0 heterocycles. The normalized spacial score (nSPS) is 20.2. The zero-order valence-corrected chi connectivity index (χ0v) is 32.7. The van der Waals surface area contributed by atoms with Gasteiger partial charge < -0.3 is 31.2 Å². The van der Waals surface area contributed by atoms with Crippen LogP contribution in [0.1, 0.15) is 104 Å². The molecule has 0 saturated heterocycles. The highest BCUT2D eigenvalue weighted by Crippen LogP contribution is 2.55. The first kappa shape index (κ1) is 36.8. The zero-order valence-electron chi connectivity index (χ0n) is 32.7. The van der Waals surface area contributed by atoms with E-state index < -0.39 is 0 Å². The Morgan fingerprint density at radius 3 is 1.23 bits per heavy atom. The summed E-state index contributed by atoms with van der Waals surface area (Å²) in [5.41, 5.74) is 20.6. The van der Waals surface area contributed by atoms with Crippen molar-refractivity contribution < 1.29 is 24.5 Å². The summed E-state index contributed by atoms with van der Waals surface area (Å²) in [7, 11) is 0.